The fourth-order valence-electron chi connectivity index (χ4n) is 6.29. The highest BCUT2D eigenvalue weighted by atomic mass is 16.5. The number of hydrogen-bond donors (Lipinski definition) is 2. The molecular weight excluding hydrogens is 568 g/mol. The Morgan fingerprint density at radius 3 is 2.25 bits per heavy atom. The molecule has 3 aromatic rings. The molecule has 3 aromatic carbocycles. The van der Waals surface area contributed by atoms with E-state index in [9.17, 15) is 29.4 Å². The normalized spacial score (nSPS) is 20.6. The number of aryl methyl sites for hydroxylation is 1. The summed E-state index contributed by atoms with van der Waals surface area (Å²) < 4.78 is 17.1. The van der Waals surface area contributed by atoms with Gasteiger partial charge in [-0.05, 0) is 66.9 Å². The molecule has 0 aromatic heterocycles. The first-order valence-corrected chi connectivity index (χ1v) is 14.1. The van der Waals surface area contributed by atoms with Gasteiger partial charge in [0.15, 0.2) is 18.1 Å². The first-order valence-electron chi connectivity index (χ1n) is 14.1. The quantitative estimate of drug-likeness (QED) is 0.229. The van der Waals surface area contributed by atoms with Crippen LogP contribution in [0.4, 0.5) is 11.4 Å². The predicted molar refractivity (Wildman–Crippen MR) is 158 cm³/mol. The van der Waals surface area contributed by atoms with Crippen LogP contribution in [-0.4, -0.2) is 57.6 Å². The van der Waals surface area contributed by atoms with E-state index >= 15 is 0 Å². The molecule has 44 heavy (non-hydrogen) atoms. The standard InChI is InChI=1S/C33H30N2O9/c1-16-5-11-23-25(13-16)44-26-14-22(43-19(4)37)10-12-24(26)34(23)27(38)15-42-21-8-6-20(7-9-21)28-17(2)30-29(18(3)36)32(39)35(30)31(28)33(40)41/h5-14,17-18,29-30,36H,15H2,1-4H3,(H,40,41)/t17-,18+,29+,30+/m0/s1. The highest BCUT2D eigenvalue weighted by Crippen LogP contribution is 2.51. The lowest BCUT2D eigenvalue weighted by molar-refractivity contribution is -0.163. The number of nitrogens with zero attached hydrogens (tertiary/aromatic N) is 2. The first kappa shape index (κ1) is 28.9. The van der Waals surface area contributed by atoms with Gasteiger partial charge in [0.25, 0.3) is 5.91 Å². The number of β-lactam (4-membered cyclic amide) rings is 1. The zero-order valence-corrected chi connectivity index (χ0v) is 24.4. The maximum Gasteiger partial charge on any atom is 0.352 e. The Labute approximate surface area is 252 Å². The second-order valence-electron chi connectivity index (χ2n) is 11.2. The predicted octanol–water partition coefficient (Wildman–Crippen LogP) is 4.42. The van der Waals surface area contributed by atoms with Crippen molar-refractivity contribution in [3.8, 4) is 23.0 Å². The van der Waals surface area contributed by atoms with Gasteiger partial charge in [-0.25, -0.2) is 4.79 Å². The summed E-state index contributed by atoms with van der Waals surface area (Å²) in [6.45, 7) is 6.26. The van der Waals surface area contributed by atoms with E-state index in [1.54, 1.807) is 54.6 Å². The van der Waals surface area contributed by atoms with Crippen LogP contribution >= 0.6 is 0 Å². The fourth-order valence-corrected chi connectivity index (χ4v) is 6.29. The maximum absolute atomic E-state index is 13.6. The molecule has 6 rings (SSSR count). The molecule has 3 heterocycles. The zero-order chi connectivity index (χ0) is 31.4. The minimum absolute atomic E-state index is 0.0787. The molecule has 3 aliphatic heterocycles. The molecule has 226 valence electrons. The van der Waals surface area contributed by atoms with Crippen LogP contribution < -0.4 is 19.1 Å². The summed E-state index contributed by atoms with van der Waals surface area (Å²) in [5.74, 6) is -1.96. The zero-order valence-electron chi connectivity index (χ0n) is 24.4. The number of amides is 2. The first-order chi connectivity index (χ1) is 21.0. The van der Waals surface area contributed by atoms with Crippen LogP contribution in [0.1, 0.15) is 31.9 Å². The Morgan fingerprint density at radius 1 is 0.977 bits per heavy atom. The number of benzene rings is 3. The molecule has 0 saturated carbocycles. The van der Waals surface area contributed by atoms with Gasteiger partial charge in [0.2, 0.25) is 5.91 Å². The van der Waals surface area contributed by atoms with Crippen LogP contribution in [0, 0.1) is 18.8 Å². The summed E-state index contributed by atoms with van der Waals surface area (Å²) in [6, 6.07) is 16.5. The van der Waals surface area contributed by atoms with Crippen LogP contribution in [0.3, 0.4) is 0 Å². The summed E-state index contributed by atoms with van der Waals surface area (Å²) >= 11 is 0. The Balaban J connectivity index is 1.23. The molecule has 2 amide bonds. The number of fused-ring (bicyclic) bond motifs is 3. The van der Waals surface area contributed by atoms with Crippen molar-refractivity contribution in [3.63, 3.8) is 0 Å². The van der Waals surface area contributed by atoms with E-state index < -0.39 is 35.9 Å². The van der Waals surface area contributed by atoms with E-state index in [1.807, 2.05) is 19.9 Å². The number of carboxylic acids is 1. The number of hydrogen-bond acceptors (Lipinski definition) is 8. The number of carbonyl (C=O) groups excluding carboxylic acids is 3. The molecule has 1 saturated heterocycles. The maximum atomic E-state index is 13.6. The molecule has 1 fully saturated rings. The number of anilines is 2. The van der Waals surface area contributed by atoms with E-state index in [0.29, 0.717) is 39.8 Å². The molecule has 0 unspecified atom stereocenters. The van der Waals surface area contributed by atoms with E-state index in [-0.39, 0.29) is 29.9 Å². The van der Waals surface area contributed by atoms with Crippen LogP contribution in [0.2, 0.25) is 0 Å². The monoisotopic (exact) mass is 598 g/mol. The van der Waals surface area contributed by atoms with E-state index in [1.165, 1.54) is 23.6 Å². The third-order valence-corrected chi connectivity index (χ3v) is 8.16. The van der Waals surface area contributed by atoms with Gasteiger partial charge in [0.05, 0.1) is 29.4 Å². The third kappa shape index (κ3) is 4.75. The smallest absolute Gasteiger partial charge is 0.352 e. The highest BCUT2D eigenvalue weighted by molar-refractivity contribution is 6.07. The minimum Gasteiger partial charge on any atom is -0.484 e. The third-order valence-electron chi connectivity index (χ3n) is 8.16. The highest BCUT2D eigenvalue weighted by Gasteiger charge is 2.60. The van der Waals surface area contributed by atoms with Crippen molar-refractivity contribution < 1.29 is 43.6 Å². The van der Waals surface area contributed by atoms with Crippen molar-refractivity contribution in [2.45, 2.75) is 39.8 Å². The van der Waals surface area contributed by atoms with Gasteiger partial charge in [0, 0.05) is 18.9 Å². The molecular formula is C33H30N2O9. The van der Waals surface area contributed by atoms with Gasteiger partial charge >= 0.3 is 11.9 Å². The van der Waals surface area contributed by atoms with Crippen molar-refractivity contribution >= 4 is 40.7 Å². The molecule has 4 atom stereocenters. The molecule has 0 bridgehead atoms. The summed E-state index contributed by atoms with van der Waals surface area (Å²) in [5.41, 5.74) is 2.96. The van der Waals surface area contributed by atoms with Gasteiger partial charge in [-0.15, -0.1) is 0 Å². The van der Waals surface area contributed by atoms with Crippen molar-refractivity contribution in [1.82, 2.24) is 4.90 Å². The Hall–Kier alpha value is -5.16. The number of esters is 1. The molecule has 0 aliphatic carbocycles. The molecule has 11 nitrogen and oxygen atoms in total. The van der Waals surface area contributed by atoms with Crippen molar-refractivity contribution in [1.29, 1.82) is 0 Å². The Kier molecular flexibility index (Phi) is 7.13. The number of carbonyl (C=O) groups is 4. The van der Waals surface area contributed by atoms with E-state index in [0.717, 1.165) is 5.56 Å². The molecule has 0 spiro atoms. The van der Waals surface area contributed by atoms with Crippen LogP contribution in [0.25, 0.3) is 5.57 Å². The molecule has 3 aliphatic rings. The largest absolute Gasteiger partial charge is 0.484 e. The summed E-state index contributed by atoms with van der Waals surface area (Å²) in [4.78, 5) is 52.7. The topological polar surface area (TPSA) is 143 Å². The lowest BCUT2D eigenvalue weighted by atomic mass is 9.77. The van der Waals surface area contributed by atoms with E-state index in [4.69, 9.17) is 14.2 Å². The SMILES string of the molecule is CC(=O)Oc1ccc2c(c1)Oc1cc(C)ccc1N2C(=O)COc1ccc(C2=C(C(=O)O)N3C(=O)[C@H]([C@@H](C)O)[C@H]3[C@H]2C)cc1. The average Bonchev–Trinajstić information content (AvgIpc) is 3.22. The Bertz CT molecular complexity index is 1740. The lowest BCUT2D eigenvalue weighted by Crippen LogP contribution is -2.63. The summed E-state index contributed by atoms with van der Waals surface area (Å²) in [7, 11) is 0. The number of aliphatic hydroxyl groups is 1. The second-order valence-corrected chi connectivity index (χ2v) is 11.2. The second kappa shape index (κ2) is 10.8. The van der Waals surface area contributed by atoms with Crippen molar-refractivity contribution in [2.24, 2.45) is 11.8 Å². The number of rotatable bonds is 7. The van der Waals surface area contributed by atoms with Gasteiger partial charge in [-0.2, -0.15) is 0 Å². The summed E-state index contributed by atoms with van der Waals surface area (Å²) in [6.07, 6.45) is -0.890. The van der Waals surface area contributed by atoms with Gasteiger partial charge in [-0.3, -0.25) is 19.3 Å². The van der Waals surface area contributed by atoms with E-state index in [2.05, 4.69) is 0 Å². The van der Waals surface area contributed by atoms with Crippen molar-refractivity contribution in [3.05, 3.63) is 77.5 Å². The van der Waals surface area contributed by atoms with Crippen LogP contribution in [-0.2, 0) is 19.2 Å². The van der Waals surface area contributed by atoms with Gasteiger partial charge in [0.1, 0.15) is 17.2 Å². The minimum atomic E-state index is -1.21. The molecule has 11 heteroatoms. The number of carboxylic acid groups (broad SMARTS) is 1. The molecule has 0 radical (unpaired) electrons. The number of aliphatic hydroxyl groups excluding tert-OH is 1. The van der Waals surface area contributed by atoms with Gasteiger partial charge in [-0.1, -0.05) is 25.1 Å². The number of aliphatic carboxylic acids is 1. The average molecular weight is 599 g/mol. The lowest BCUT2D eigenvalue weighted by Gasteiger charge is -2.46. The van der Waals surface area contributed by atoms with Crippen LogP contribution in [0.5, 0.6) is 23.0 Å². The number of ether oxygens (including phenoxy) is 3. The molecule has 2 N–H and O–H groups in total. The van der Waals surface area contributed by atoms with Crippen LogP contribution in [0.15, 0.2) is 66.4 Å². The summed E-state index contributed by atoms with van der Waals surface area (Å²) in [5, 5.41) is 20.0. The Morgan fingerprint density at radius 2 is 1.61 bits per heavy atom. The van der Waals surface area contributed by atoms with Gasteiger partial charge < -0.3 is 29.3 Å². The fraction of sp³-hybridized carbons (Fsp3) is 0.273. The van der Waals surface area contributed by atoms with Crippen molar-refractivity contribution in [2.75, 3.05) is 11.5 Å².